The van der Waals surface area contributed by atoms with Gasteiger partial charge in [0.25, 0.3) is 0 Å². The molecular formula is C43H40N4. The van der Waals surface area contributed by atoms with Gasteiger partial charge in [-0.2, -0.15) is 0 Å². The molecule has 2 aromatic heterocycles. The van der Waals surface area contributed by atoms with E-state index in [1.807, 2.05) is 0 Å². The summed E-state index contributed by atoms with van der Waals surface area (Å²) in [4.78, 5) is 10.2. The zero-order valence-corrected chi connectivity index (χ0v) is 27.8. The summed E-state index contributed by atoms with van der Waals surface area (Å²) in [7, 11) is 0. The molecule has 0 atom stereocenters. The van der Waals surface area contributed by atoms with Crippen molar-refractivity contribution in [1.29, 1.82) is 0 Å². The molecule has 7 aromatic rings. The highest BCUT2D eigenvalue weighted by molar-refractivity contribution is 6.21. The summed E-state index contributed by atoms with van der Waals surface area (Å²) in [6.45, 7) is 10.7. The Balaban J connectivity index is 1.67. The average molecular weight is 613 g/mol. The first kappa shape index (κ1) is 30.1. The lowest BCUT2D eigenvalue weighted by atomic mass is 10.00. The maximum atomic E-state index is 5.43. The van der Waals surface area contributed by atoms with Gasteiger partial charge in [-0.15, -0.1) is 0 Å². The first-order valence-electron chi connectivity index (χ1n) is 16.4. The number of pyridine rings is 1. The van der Waals surface area contributed by atoms with Gasteiger partial charge >= 0.3 is 0 Å². The quantitative estimate of drug-likeness (QED) is 0.126. The predicted octanol–water partition coefficient (Wildman–Crippen LogP) is 12.0. The van der Waals surface area contributed by atoms with Gasteiger partial charge in [0.05, 0.1) is 16.9 Å². The Hall–Kier alpha value is -5.61. The van der Waals surface area contributed by atoms with Crippen LogP contribution < -0.4 is 9.80 Å². The highest BCUT2D eigenvalue weighted by atomic mass is 15.2. The number of benzene rings is 5. The van der Waals surface area contributed by atoms with Gasteiger partial charge in [0.15, 0.2) is 0 Å². The number of hydrogen-bond donors (Lipinski definition) is 0. The molecule has 47 heavy (non-hydrogen) atoms. The lowest BCUT2D eigenvalue weighted by Gasteiger charge is -2.32. The van der Waals surface area contributed by atoms with Crippen molar-refractivity contribution in [3.05, 3.63) is 162 Å². The minimum atomic E-state index is 0.906. The molecule has 0 fully saturated rings. The molecule has 0 aliphatic rings. The van der Waals surface area contributed by atoms with E-state index in [9.17, 15) is 0 Å². The summed E-state index contributed by atoms with van der Waals surface area (Å²) in [6.07, 6.45) is 9.74. The number of rotatable bonds is 8. The molecule has 0 N–H and O–H groups in total. The molecule has 0 aliphatic heterocycles. The lowest BCUT2D eigenvalue weighted by Crippen LogP contribution is -2.18. The Labute approximate surface area is 277 Å². The topological polar surface area (TPSA) is 23.8 Å². The summed E-state index contributed by atoms with van der Waals surface area (Å²) < 4.78 is 2.25. The summed E-state index contributed by atoms with van der Waals surface area (Å²) in [6, 6.07) is 41.5. The number of fused-ring (bicyclic) bond motifs is 4. The number of aryl methyl sites for hydroxylation is 3. The van der Waals surface area contributed by atoms with Crippen LogP contribution in [0.2, 0.25) is 0 Å². The normalized spacial score (nSPS) is 12.1. The SMILES string of the molecule is C/C=C(\C=C/CC)N(c1ccc(C)cc1)c1c2ccccc2c(N(c2ccc(C)cc2)c2ccc(C)cc2)c2c1nc1ccccn12. The van der Waals surface area contributed by atoms with Gasteiger partial charge in [-0.3, -0.25) is 4.40 Å². The minimum Gasteiger partial charge on any atom is -0.308 e. The average Bonchev–Trinajstić information content (AvgIpc) is 3.48. The fraction of sp³-hybridized carbons (Fsp3) is 0.140. The van der Waals surface area contributed by atoms with Crippen molar-refractivity contribution < 1.29 is 0 Å². The third kappa shape index (κ3) is 5.46. The van der Waals surface area contributed by atoms with Crippen LogP contribution in [0.25, 0.3) is 27.5 Å². The zero-order valence-electron chi connectivity index (χ0n) is 27.8. The standard InChI is InChI=1S/C43H40N4/c1-6-8-13-33(7-2)46(34-23-17-30(3)18-24-34)41-37-14-9-10-15-38(37)42(43-40(41)44-39-16-11-12-29-45(39)43)47(35-25-19-31(4)20-26-35)36-27-21-32(5)22-28-36/h7-29H,6H2,1-5H3/b13-8-,33-7+. The van der Waals surface area contributed by atoms with Crippen LogP contribution >= 0.6 is 0 Å². The van der Waals surface area contributed by atoms with Crippen molar-refractivity contribution in [3.8, 4) is 0 Å². The van der Waals surface area contributed by atoms with E-state index in [1.54, 1.807) is 0 Å². The van der Waals surface area contributed by atoms with Gasteiger partial charge in [0.1, 0.15) is 11.2 Å². The molecule has 4 nitrogen and oxygen atoms in total. The highest BCUT2D eigenvalue weighted by Gasteiger charge is 2.28. The lowest BCUT2D eigenvalue weighted by molar-refractivity contribution is 1.17. The second-order valence-corrected chi connectivity index (χ2v) is 12.2. The number of nitrogens with zero attached hydrogens (tertiary/aromatic N) is 4. The number of hydrogen-bond acceptors (Lipinski definition) is 3. The van der Waals surface area contributed by atoms with Crippen LogP contribution in [-0.4, -0.2) is 9.38 Å². The fourth-order valence-electron chi connectivity index (χ4n) is 6.43. The first-order valence-corrected chi connectivity index (χ1v) is 16.4. The van der Waals surface area contributed by atoms with Gasteiger partial charge in [0, 0.05) is 39.7 Å². The van der Waals surface area contributed by atoms with Crippen molar-refractivity contribution in [3.63, 3.8) is 0 Å². The van der Waals surface area contributed by atoms with E-state index in [4.69, 9.17) is 4.98 Å². The largest absolute Gasteiger partial charge is 0.308 e. The van der Waals surface area contributed by atoms with Crippen LogP contribution in [0.3, 0.4) is 0 Å². The number of imidazole rings is 1. The summed E-state index contributed by atoms with van der Waals surface area (Å²) in [5.41, 5.74) is 13.1. The Morgan fingerprint density at radius 2 is 1.19 bits per heavy atom. The molecule has 232 valence electrons. The van der Waals surface area contributed by atoms with Crippen LogP contribution in [0, 0.1) is 20.8 Å². The van der Waals surface area contributed by atoms with Crippen LogP contribution in [-0.2, 0) is 0 Å². The maximum absolute atomic E-state index is 5.43. The van der Waals surface area contributed by atoms with Gasteiger partial charge < -0.3 is 9.80 Å². The molecule has 0 saturated heterocycles. The van der Waals surface area contributed by atoms with Gasteiger partial charge in [-0.05, 0) is 88.7 Å². The second-order valence-electron chi connectivity index (χ2n) is 12.2. The van der Waals surface area contributed by atoms with Gasteiger partial charge in [0.2, 0.25) is 0 Å². The molecule has 7 rings (SSSR count). The van der Waals surface area contributed by atoms with Crippen molar-refractivity contribution in [2.24, 2.45) is 0 Å². The van der Waals surface area contributed by atoms with Crippen LogP contribution in [0.5, 0.6) is 0 Å². The van der Waals surface area contributed by atoms with Crippen molar-refractivity contribution in [1.82, 2.24) is 9.38 Å². The van der Waals surface area contributed by atoms with E-state index in [1.165, 1.54) is 16.7 Å². The molecule has 0 bridgehead atoms. The van der Waals surface area contributed by atoms with Gasteiger partial charge in [-0.25, -0.2) is 4.98 Å². The molecule has 0 aliphatic carbocycles. The number of allylic oxidation sites excluding steroid dienone is 3. The second kappa shape index (κ2) is 12.6. The molecule has 0 unspecified atom stereocenters. The number of anilines is 5. The minimum absolute atomic E-state index is 0.906. The molecule has 5 aromatic carbocycles. The molecule has 2 heterocycles. The molecular weight excluding hydrogens is 573 g/mol. The smallest absolute Gasteiger partial charge is 0.138 e. The fourth-order valence-corrected chi connectivity index (χ4v) is 6.43. The predicted molar refractivity (Wildman–Crippen MR) is 201 cm³/mol. The van der Waals surface area contributed by atoms with Crippen molar-refractivity contribution in [2.45, 2.75) is 41.0 Å². The molecule has 4 heteroatoms. The Morgan fingerprint density at radius 3 is 1.74 bits per heavy atom. The molecule has 0 radical (unpaired) electrons. The zero-order chi connectivity index (χ0) is 32.5. The molecule has 0 saturated carbocycles. The van der Waals surface area contributed by atoms with Crippen molar-refractivity contribution >= 4 is 55.9 Å². The first-order chi connectivity index (χ1) is 23.0. The van der Waals surface area contributed by atoms with Crippen LogP contribution in [0.1, 0.15) is 37.0 Å². The van der Waals surface area contributed by atoms with Crippen molar-refractivity contribution in [2.75, 3.05) is 9.80 Å². The third-order valence-electron chi connectivity index (χ3n) is 8.82. The molecule has 0 spiro atoms. The summed E-state index contributed by atoms with van der Waals surface area (Å²) in [5.74, 6) is 0. The van der Waals surface area contributed by atoms with Crippen LogP contribution in [0.15, 0.2) is 145 Å². The van der Waals surface area contributed by atoms with E-state index in [0.717, 1.165) is 68.0 Å². The van der Waals surface area contributed by atoms with E-state index >= 15 is 0 Å². The highest BCUT2D eigenvalue weighted by Crippen LogP contribution is 2.50. The van der Waals surface area contributed by atoms with E-state index in [2.05, 4.69) is 189 Å². The summed E-state index contributed by atoms with van der Waals surface area (Å²) >= 11 is 0. The number of aromatic nitrogens is 2. The Morgan fingerprint density at radius 1 is 0.660 bits per heavy atom. The Bertz CT molecular complexity index is 2210. The van der Waals surface area contributed by atoms with Gasteiger partial charge in [-0.1, -0.05) is 102 Å². The third-order valence-corrected chi connectivity index (χ3v) is 8.82. The van der Waals surface area contributed by atoms with E-state index < -0.39 is 0 Å². The van der Waals surface area contributed by atoms with Crippen LogP contribution in [0.4, 0.5) is 28.4 Å². The summed E-state index contributed by atoms with van der Waals surface area (Å²) in [5, 5.41) is 2.28. The van der Waals surface area contributed by atoms with E-state index in [0.29, 0.717) is 0 Å². The monoisotopic (exact) mass is 612 g/mol. The van der Waals surface area contributed by atoms with E-state index in [-0.39, 0.29) is 0 Å². The maximum Gasteiger partial charge on any atom is 0.138 e. The molecule has 0 amide bonds. The Kier molecular flexibility index (Phi) is 8.09.